The molecule has 2 atom stereocenters. The Balaban J connectivity index is 1.22. The monoisotopic (exact) mass is 503 g/mol. The van der Waals surface area contributed by atoms with Gasteiger partial charge in [0.2, 0.25) is 5.91 Å². The quantitative estimate of drug-likeness (QED) is 0.507. The van der Waals surface area contributed by atoms with Crippen molar-refractivity contribution in [2.45, 2.75) is 32.4 Å². The average Bonchev–Trinajstić information content (AvgIpc) is 3.37. The molecule has 0 unspecified atom stereocenters. The van der Waals surface area contributed by atoms with E-state index in [9.17, 15) is 9.59 Å². The molecule has 2 amide bonds. The number of fused-ring (bicyclic) bond motifs is 1. The van der Waals surface area contributed by atoms with Gasteiger partial charge in [0.05, 0.1) is 12.6 Å². The van der Waals surface area contributed by atoms with Crippen LogP contribution in [0.15, 0.2) is 66.0 Å². The van der Waals surface area contributed by atoms with Crippen molar-refractivity contribution in [3.63, 3.8) is 0 Å². The molecule has 3 aromatic rings. The summed E-state index contributed by atoms with van der Waals surface area (Å²) in [4.78, 5) is 33.8. The second-order valence-corrected chi connectivity index (χ2v) is 10.7. The van der Waals surface area contributed by atoms with Gasteiger partial charge in [-0.2, -0.15) is 0 Å². The summed E-state index contributed by atoms with van der Waals surface area (Å²) >= 11 is 1.81. The van der Waals surface area contributed by atoms with E-state index in [1.165, 1.54) is 21.6 Å². The van der Waals surface area contributed by atoms with Gasteiger partial charge in [-0.05, 0) is 60.5 Å². The summed E-state index contributed by atoms with van der Waals surface area (Å²) < 4.78 is 5.65. The molecule has 3 heterocycles. The van der Waals surface area contributed by atoms with E-state index in [1.807, 2.05) is 58.4 Å². The fourth-order valence-corrected chi connectivity index (χ4v) is 6.27. The summed E-state index contributed by atoms with van der Waals surface area (Å²) in [5.41, 5.74) is 3.85. The van der Waals surface area contributed by atoms with Crippen LogP contribution in [0.25, 0.3) is 0 Å². The molecule has 1 aromatic heterocycles. The van der Waals surface area contributed by atoms with E-state index in [4.69, 9.17) is 4.74 Å². The van der Waals surface area contributed by atoms with E-state index in [0.29, 0.717) is 31.9 Å². The first kappa shape index (κ1) is 24.5. The highest BCUT2D eigenvalue weighted by molar-refractivity contribution is 7.10. The first-order valence-electron chi connectivity index (χ1n) is 12.6. The van der Waals surface area contributed by atoms with Crippen LogP contribution in [0, 0.1) is 6.92 Å². The highest BCUT2D eigenvalue weighted by Crippen LogP contribution is 2.38. The lowest BCUT2D eigenvalue weighted by atomic mass is 9.90. The number of amides is 2. The number of ether oxygens (including phenoxy) is 1. The van der Waals surface area contributed by atoms with Crippen molar-refractivity contribution in [1.82, 2.24) is 14.7 Å². The molecule has 1 fully saturated rings. The van der Waals surface area contributed by atoms with Crippen LogP contribution in [0.2, 0.25) is 0 Å². The number of benzene rings is 2. The zero-order chi connectivity index (χ0) is 25.1. The molecular formula is C29H33N3O3S. The number of para-hydroxylation sites is 1. The molecule has 6 nitrogen and oxygen atoms in total. The molecule has 5 rings (SSSR count). The van der Waals surface area contributed by atoms with Gasteiger partial charge in [0.1, 0.15) is 5.75 Å². The molecule has 2 aliphatic heterocycles. The lowest BCUT2D eigenvalue weighted by molar-refractivity contribution is -0.144. The van der Waals surface area contributed by atoms with Crippen LogP contribution in [0.5, 0.6) is 5.75 Å². The molecule has 0 bridgehead atoms. The maximum atomic E-state index is 13.5. The van der Waals surface area contributed by atoms with Crippen LogP contribution >= 0.6 is 11.3 Å². The smallest absolute Gasteiger partial charge is 0.260 e. The van der Waals surface area contributed by atoms with Crippen molar-refractivity contribution in [1.29, 1.82) is 0 Å². The summed E-state index contributed by atoms with van der Waals surface area (Å²) in [7, 11) is 0. The number of carbonyl (C=O) groups is 2. The van der Waals surface area contributed by atoms with Crippen molar-refractivity contribution in [3.05, 3.63) is 87.6 Å². The number of rotatable bonds is 6. The molecule has 1 saturated heterocycles. The number of hydrogen-bond acceptors (Lipinski definition) is 5. The molecular weight excluding hydrogens is 470 g/mol. The van der Waals surface area contributed by atoms with E-state index < -0.39 is 0 Å². The molecule has 2 aliphatic rings. The Bertz CT molecular complexity index is 1210. The van der Waals surface area contributed by atoms with Gasteiger partial charge in [0.25, 0.3) is 5.91 Å². The average molecular weight is 504 g/mol. The van der Waals surface area contributed by atoms with Gasteiger partial charge in [-0.1, -0.05) is 42.5 Å². The van der Waals surface area contributed by atoms with Crippen LogP contribution in [0.4, 0.5) is 0 Å². The van der Waals surface area contributed by atoms with Gasteiger partial charge >= 0.3 is 0 Å². The molecule has 0 aliphatic carbocycles. The van der Waals surface area contributed by atoms with Crippen LogP contribution in [0.1, 0.15) is 34.5 Å². The van der Waals surface area contributed by atoms with Gasteiger partial charge in [-0.15, -0.1) is 11.3 Å². The summed E-state index contributed by atoms with van der Waals surface area (Å²) in [5.74, 6) is 0.775. The van der Waals surface area contributed by atoms with Gasteiger partial charge < -0.3 is 14.5 Å². The third kappa shape index (κ3) is 5.18. The van der Waals surface area contributed by atoms with E-state index in [2.05, 4.69) is 47.5 Å². The largest absolute Gasteiger partial charge is 0.484 e. The molecule has 0 spiro atoms. The van der Waals surface area contributed by atoms with Crippen LogP contribution in [-0.4, -0.2) is 71.9 Å². The number of piperazine rings is 1. The third-order valence-corrected chi connectivity index (χ3v) is 8.29. The van der Waals surface area contributed by atoms with Gasteiger partial charge in [0.15, 0.2) is 6.61 Å². The molecule has 0 saturated carbocycles. The summed E-state index contributed by atoms with van der Waals surface area (Å²) in [6.07, 6.45) is 0.975. The van der Waals surface area contributed by atoms with Crippen LogP contribution in [0.3, 0.4) is 0 Å². The second kappa shape index (κ2) is 10.8. The zero-order valence-corrected chi connectivity index (χ0v) is 21.7. The Morgan fingerprint density at radius 2 is 1.72 bits per heavy atom. The summed E-state index contributed by atoms with van der Waals surface area (Å²) in [6, 6.07) is 20.1. The minimum atomic E-state index is -0.0495. The van der Waals surface area contributed by atoms with Gasteiger partial charge in [0, 0.05) is 37.1 Å². The summed E-state index contributed by atoms with van der Waals surface area (Å²) in [6.45, 7) is 7.03. The first-order valence-corrected chi connectivity index (χ1v) is 13.5. The second-order valence-electron chi connectivity index (χ2n) is 9.66. The summed E-state index contributed by atoms with van der Waals surface area (Å²) in [5, 5.41) is 2.17. The normalized spacial score (nSPS) is 20.2. The molecule has 7 heteroatoms. The number of aryl methyl sites for hydroxylation is 1. The van der Waals surface area contributed by atoms with Crippen molar-refractivity contribution < 1.29 is 14.3 Å². The molecule has 36 heavy (non-hydrogen) atoms. The van der Waals surface area contributed by atoms with Crippen molar-refractivity contribution >= 4 is 23.2 Å². The number of thiophene rings is 1. The minimum Gasteiger partial charge on any atom is -0.484 e. The fraction of sp³-hybridized carbons (Fsp3) is 0.379. The SMILES string of the molecule is Cc1ccccc1[C@H]1c2ccsc2CCN1CC(=O)N1CCN(C(=O)COc2ccccc2)[C@@H](C)C1. The van der Waals surface area contributed by atoms with Crippen LogP contribution < -0.4 is 4.74 Å². The van der Waals surface area contributed by atoms with Gasteiger partial charge in [-0.3, -0.25) is 14.5 Å². The molecule has 0 radical (unpaired) electrons. The Hall–Kier alpha value is -3.16. The van der Waals surface area contributed by atoms with Crippen molar-refractivity contribution in [2.24, 2.45) is 0 Å². The highest BCUT2D eigenvalue weighted by Gasteiger charge is 2.35. The maximum Gasteiger partial charge on any atom is 0.260 e. The fourth-order valence-electron chi connectivity index (χ4n) is 5.37. The number of carbonyl (C=O) groups excluding carboxylic acids is 2. The van der Waals surface area contributed by atoms with E-state index >= 15 is 0 Å². The Labute approximate surface area is 217 Å². The van der Waals surface area contributed by atoms with E-state index in [0.717, 1.165) is 13.0 Å². The van der Waals surface area contributed by atoms with Crippen LogP contribution in [-0.2, 0) is 16.0 Å². The molecule has 188 valence electrons. The van der Waals surface area contributed by atoms with E-state index in [-0.39, 0.29) is 30.5 Å². The first-order chi connectivity index (χ1) is 17.5. The maximum absolute atomic E-state index is 13.5. The Morgan fingerprint density at radius 1 is 0.944 bits per heavy atom. The standard InChI is InChI=1S/C29H33N3O3S/c1-21-8-6-7-11-24(21)29-25-13-17-36-26(25)12-14-31(29)19-27(33)30-15-16-32(22(2)18-30)28(34)20-35-23-9-4-3-5-10-23/h3-11,13,17,22,29H,12,14-16,18-20H2,1-2H3/t22-,29-/m0/s1. The predicted octanol–water partition coefficient (Wildman–Crippen LogP) is 4.14. The van der Waals surface area contributed by atoms with Crippen molar-refractivity contribution in [2.75, 3.05) is 39.3 Å². The lowest BCUT2D eigenvalue weighted by Crippen LogP contribution is -2.57. The third-order valence-electron chi connectivity index (χ3n) is 7.29. The minimum absolute atomic E-state index is 0.0111. The molecule has 0 N–H and O–H groups in total. The lowest BCUT2D eigenvalue weighted by Gasteiger charge is -2.42. The number of nitrogens with zero attached hydrogens (tertiary/aromatic N) is 3. The van der Waals surface area contributed by atoms with Gasteiger partial charge in [-0.25, -0.2) is 0 Å². The Kier molecular flexibility index (Phi) is 7.39. The number of hydrogen-bond donors (Lipinski definition) is 0. The zero-order valence-electron chi connectivity index (χ0n) is 20.9. The highest BCUT2D eigenvalue weighted by atomic mass is 32.1. The van der Waals surface area contributed by atoms with E-state index in [1.54, 1.807) is 0 Å². The Morgan fingerprint density at radius 3 is 2.50 bits per heavy atom. The van der Waals surface area contributed by atoms with Crippen molar-refractivity contribution in [3.8, 4) is 5.75 Å². The predicted molar refractivity (Wildman–Crippen MR) is 142 cm³/mol. The topological polar surface area (TPSA) is 53.1 Å². The molecule has 2 aromatic carbocycles.